The van der Waals surface area contributed by atoms with Crippen molar-refractivity contribution >= 4 is 11.3 Å². The first kappa shape index (κ1) is 7.28. The highest BCUT2D eigenvalue weighted by Crippen LogP contribution is 2.28. The molecule has 3 heteroatoms. The second-order valence-corrected chi connectivity index (χ2v) is 3.44. The van der Waals surface area contributed by atoms with Crippen LogP contribution in [0.15, 0.2) is 10.8 Å². The smallest absolute Gasteiger partial charge is 0.0957 e. The van der Waals surface area contributed by atoms with Crippen molar-refractivity contribution in [3.8, 4) is 0 Å². The number of nitrogens with two attached hydrogens (primary N) is 1. The van der Waals surface area contributed by atoms with Gasteiger partial charge < -0.3 is 10.5 Å². The van der Waals surface area contributed by atoms with Gasteiger partial charge in [0.15, 0.2) is 0 Å². The Balaban J connectivity index is 2.32. The minimum Gasteiger partial charge on any atom is -0.372 e. The van der Waals surface area contributed by atoms with Crippen LogP contribution in [0.4, 0.5) is 0 Å². The molecule has 60 valence electrons. The zero-order chi connectivity index (χ0) is 7.68. The van der Waals surface area contributed by atoms with E-state index in [1.807, 2.05) is 0 Å². The van der Waals surface area contributed by atoms with Crippen LogP contribution in [-0.2, 0) is 11.2 Å². The van der Waals surface area contributed by atoms with Crippen LogP contribution in [0.2, 0.25) is 0 Å². The lowest BCUT2D eigenvalue weighted by atomic mass is 10.0. The largest absolute Gasteiger partial charge is 0.372 e. The maximum atomic E-state index is 5.56. The molecule has 0 saturated heterocycles. The van der Waals surface area contributed by atoms with Gasteiger partial charge in [-0.25, -0.2) is 0 Å². The van der Waals surface area contributed by atoms with Gasteiger partial charge in [0.1, 0.15) is 0 Å². The zero-order valence-corrected chi connectivity index (χ0v) is 7.06. The van der Waals surface area contributed by atoms with Gasteiger partial charge >= 0.3 is 0 Å². The Labute approximate surface area is 70.0 Å². The molecule has 2 N–H and O–H groups in total. The highest BCUT2D eigenvalue weighted by Gasteiger charge is 2.19. The molecule has 1 aliphatic rings. The zero-order valence-electron chi connectivity index (χ0n) is 6.25. The van der Waals surface area contributed by atoms with Crippen molar-refractivity contribution in [2.75, 3.05) is 13.2 Å². The topological polar surface area (TPSA) is 35.2 Å². The van der Waals surface area contributed by atoms with E-state index in [0.29, 0.717) is 6.54 Å². The standard InChI is InChI=1S/C8H11NOS/c9-3-8-7-5-11-4-6(7)1-2-10-8/h4-5,8H,1-3,9H2/t8-/m1/s1. The summed E-state index contributed by atoms with van der Waals surface area (Å²) in [6.45, 7) is 1.43. The molecule has 0 fully saturated rings. The van der Waals surface area contributed by atoms with Crippen LogP contribution < -0.4 is 5.73 Å². The predicted octanol–water partition coefficient (Wildman–Crippen LogP) is 1.32. The monoisotopic (exact) mass is 169 g/mol. The molecule has 0 bridgehead atoms. The van der Waals surface area contributed by atoms with E-state index in [1.54, 1.807) is 11.3 Å². The van der Waals surface area contributed by atoms with Crippen molar-refractivity contribution in [2.24, 2.45) is 5.73 Å². The van der Waals surface area contributed by atoms with Crippen molar-refractivity contribution in [1.82, 2.24) is 0 Å². The molecule has 0 aliphatic carbocycles. The number of ether oxygens (including phenoxy) is 1. The fraction of sp³-hybridized carbons (Fsp3) is 0.500. The summed E-state index contributed by atoms with van der Waals surface area (Å²) in [5.74, 6) is 0. The molecule has 1 aromatic heterocycles. The average Bonchev–Trinajstić information content (AvgIpc) is 2.50. The molecular weight excluding hydrogens is 158 g/mol. The average molecular weight is 169 g/mol. The van der Waals surface area contributed by atoms with Crippen molar-refractivity contribution in [3.05, 3.63) is 21.9 Å². The van der Waals surface area contributed by atoms with Crippen molar-refractivity contribution in [3.63, 3.8) is 0 Å². The van der Waals surface area contributed by atoms with Gasteiger partial charge in [0, 0.05) is 6.54 Å². The predicted molar refractivity (Wildman–Crippen MR) is 45.8 cm³/mol. The second kappa shape index (κ2) is 2.93. The lowest BCUT2D eigenvalue weighted by molar-refractivity contribution is 0.0491. The molecular formula is C8H11NOS. The van der Waals surface area contributed by atoms with E-state index >= 15 is 0 Å². The number of rotatable bonds is 1. The Bertz CT molecular complexity index is 246. The summed E-state index contributed by atoms with van der Waals surface area (Å²) < 4.78 is 5.49. The first-order chi connectivity index (χ1) is 5.42. The molecule has 0 unspecified atom stereocenters. The maximum Gasteiger partial charge on any atom is 0.0957 e. The molecule has 0 amide bonds. The fourth-order valence-corrected chi connectivity index (χ4v) is 2.35. The van der Waals surface area contributed by atoms with E-state index in [0.717, 1.165) is 13.0 Å². The molecule has 2 heterocycles. The summed E-state index contributed by atoms with van der Waals surface area (Å²) in [6, 6.07) is 0. The Morgan fingerprint density at radius 2 is 2.55 bits per heavy atom. The van der Waals surface area contributed by atoms with Crippen LogP contribution in [0.3, 0.4) is 0 Å². The maximum absolute atomic E-state index is 5.56. The van der Waals surface area contributed by atoms with E-state index in [-0.39, 0.29) is 6.10 Å². The SMILES string of the molecule is NC[C@H]1OCCc2cscc21. The summed E-state index contributed by atoms with van der Waals surface area (Å²) >= 11 is 1.74. The minimum absolute atomic E-state index is 0.157. The van der Waals surface area contributed by atoms with Gasteiger partial charge in [0.2, 0.25) is 0 Å². The molecule has 0 spiro atoms. The van der Waals surface area contributed by atoms with Gasteiger partial charge in [-0.3, -0.25) is 0 Å². The third-order valence-electron chi connectivity index (χ3n) is 2.03. The summed E-state index contributed by atoms with van der Waals surface area (Å²) in [4.78, 5) is 0. The Hall–Kier alpha value is -0.380. The summed E-state index contributed by atoms with van der Waals surface area (Å²) in [7, 11) is 0. The van der Waals surface area contributed by atoms with E-state index in [2.05, 4.69) is 10.8 Å². The van der Waals surface area contributed by atoms with Gasteiger partial charge in [-0.05, 0) is 28.3 Å². The van der Waals surface area contributed by atoms with E-state index in [9.17, 15) is 0 Å². The number of fused-ring (bicyclic) bond motifs is 1. The Morgan fingerprint density at radius 1 is 1.64 bits per heavy atom. The molecule has 0 radical (unpaired) electrons. The normalized spacial score (nSPS) is 23.2. The molecule has 2 nitrogen and oxygen atoms in total. The van der Waals surface area contributed by atoms with Crippen LogP contribution in [0.1, 0.15) is 17.2 Å². The van der Waals surface area contributed by atoms with Gasteiger partial charge in [-0.2, -0.15) is 11.3 Å². The van der Waals surface area contributed by atoms with E-state index in [1.165, 1.54) is 11.1 Å². The highest BCUT2D eigenvalue weighted by atomic mass is 32.1. The molecule has 1 aromatic rings. The molecule has 1 atom stereocenters. The molecule has 1 aliphatic heterocycles. The quantitative estimate of drug-likeness (QED) is 0.688. The third-order valence-corrected chi connectivity index (χ3v) is 2.84. The summed E-state index contributed by atoms with van der Waals surface area (Å²) in [5, 5.41) is 4.34. The van der Waals surface area contributed by atoms with Gasteiger partial charge in [-0.1, -0.05) is 0 Å². The van der Waals surface area contributed by atoms with Crippen molar-refractivity contribution in [1.29, 1.82) is 0 Å². The van der Waals surface area contributed by atoms with Crippen LogP contribution >= 0.6 is 11.3 Å². The first-order valence-corrected chi connectivity index (χ1v) is 4.72. The summed E-state index contributed by atoms with van der Waals surface area (Å²) in [5.41, 5.74) is 8.29. The van der Waals surface area contributed by atoms with Crippen LogP contribution in [-0.4, -0.2) is 13.2 Å². The number of hydrogen-bond acceptors (Lipinski definition) is 3. The molecule has 0 aromatic carbocycles. The third kappa shape index (κ3) is 1.20. The molecule has 2 rings (SSSR count). The lowest BCUT2D eigenvalue weighted by Gasteiger charge is -2.21. The summed E-state index contributed by atoms with van der Waals surface area (Å²) in [6.07, 6.45) is 1.21. The number of thiophene rings is 1. The van der Waals surface area contributed by atoms with Gasteiger partial charge in [0.25, 0.3) is 0 Å². The van der Waals surface area contributed by atoms with E-state index < -0.39 is 0 Å². The van der Waals surface area contributed by atoms with Crippen LogP contribution in [0.5, 0.6) is 0 Å². The van der Waals surface area contributed by atoms with Gasteiger partial charge in [0.05, 0.1) is 12.7 Å². The molecule has 11 heavy (non-hydrogen) atoms. The van der Waals surface area contributed by atoms with Crippen molar-refractivity contribution < 1.29 is 4.74 Å². The lowest BCUT2D eigenvalue weighted by Crippen LogP contribution is -2.21. The van der Waals surface area contributed by atoms with Crippen molar-refractivity contribution in [2.45, 2.75) is 12.5 Å². The fourth-order valence-electron chi connectivity index (χ4n) is 1.42. The second-order valence-electron chi connectivity index (χ2n) is 2.70. The first-order valence-electron chi connectivity index (χ1n) is 3.78. The number of hydrogen-bond donors (Lipinski definition) is 1. The van der Waals surface area contributed by atoms with Crippen LogP contribution in [0, 0.1) is 0 Å². The highest BCUT2D eigenvalue weighted by molar-refractivity contribution is 7.08. The van der Waals surface area contributed by atoms with E-state index in [4.69, 9.17) is 10.5 Å². The van der Waals surface area contributed by atoms with Crippen LogP contribution in [0.25, 0.3) is 0 Å². The molecule has 0 saturated carbocycles. The Morgan fingerprint density at radius 3 is 3.36 bits per heavy atom. The minimum atomic E-state index is 0.157. The Kier molecular flexibility index (Phi) is 1.94. The van der Waals surface area contributed by atoms with Gasteiger partial charge in [-0.15, -0.1) is 0 Å².